The van der Waals surface area contributed by atoms with E-state index in [1.807, 2.05) is 24.3 Å². The van der Waals surface area contributed by atoms with E-state index in [1.165, 1.54) is 6.07 Å². The van der Waals surface area contributed by atoms with Gasteiger partial charge in [0.25, 0.3) is 0 Å². The lowest BCUT2D eigenvalue weighted by molar-refractivity contribution is 0.578. The molecule has 0 saturated carbocycles. The van der Waals surface area contributed by atoms with E-state index in [0.29, 0.717) is 10.6 Å². The van der Waals surface area contributed by atoms with Gasteiger partial charge in [0.2, 0.25) is 0 Å². The zero-order chi connectivity index (χ0) is 14.8. The molecule has 4 heteroatoms. The topological polar surface area (TPSA) is 24.9 Å². The van der Waals surface area contributed by atoms with E-state index in [0.717, 1.165) is 16.3 Å². The Hall–Kier alpha value is -1.97. The van der Waals surface area contributed by atoms with Gasteiger partial charge in [-0.05, 0) is 36.2 Å². The lowest BCUT2D eigenvalue weighted by Crippen LogP contribution is -2.19. The summed E-state index contributed by atoms with van der Waals surface area (Å²) in [6.45, 7) is 0. The molecule has 1 N–H and O–H groups in total. The van der Waals surface area contributed by atoms with Crippen LogP contribution in [0.3, 0.4) is 0 Å². The average molecular weight is 301 g/mol. The van der Waals surface area contributed by atoms with Crippen LogP contribution in [0.25, 0.3) is 10.8 Å². The van der Waals surface area contributed by atoms with Crippen molar-refractivity contribution in [3.8, 4) is 0 Å². The molecule has 0 aliphatic carbocycles. The number of aromatic nitrogens is 1. The number of hydrogen-bond donors (Lipinski definition) is 1. The van der Waals surface area contributed by atoms with Gasteiger partial charge in [0, 0.05) is 28.4 Å². The van der Waals surface area contributed by atoms with Gasteiger partial charge in [0.05, 0.1) is 6.04 Å². The summed E-state index contributed by atoms with van der Waals surface area (Å²) in [4.78, 5) is 4.13. The van der Waals surface area contributed by atoms with Gasteiger partial charge in [-0.1, -0.05) is 35.9 Å². The molecule has 3 aromatic rings. The molecule has 2 aromatic carbocycles. The number of pyridine rings is 1. The molecule has 3 rings (SSSR count). The first-order valence-corrected chi connectivity index (χ1v) is 7.04. The van der Waals surface area contributed by atoms with Crippen LogP contribution >= 0.6 is 11.6 Å². The van der Waals surface area contributed by atoms with Crippen molar-refractivity contribution >= 4 is 22.4 Å². The Labute approximate surface area is 127 Å². The molecular weight excluding hydrogens is 287 g/mol. The van der Waals surface area contributed by atoms with Crippen molar-refractivity contribution in [1.29, 1.82) is 0 Å². The van der Waals surface area contributed by atoms with Crippen molar-refractivity contribution in [2.24, 2.45) is 0 Å². The molecule has 0 bridgehead atoms. The Bertz CT molecular complexity index is 763. The first-order chi connectivity index (χ1) is 10.2. The van der Waals surface area contributed by atoms with E-state index < -0.39 is 0 Å². The molecule has 0 fully saturated rings. The molecule has 1 unspecified atom stereocenters. The van der Waals surface area contributed by atoms with Crippen LogP contribution in [0.2, 0.25) is 5.02 Å². The fraction of sp³-hybridized carbons (Fsp3) is 0.118. The predicted octanol–water partition coefficient (Wildman–Crippen LogP) is 4.34. The number of benzene rings is 2. The smallest absolute Gasteiger partial charge is 0.129 e. The number of hydrogen-bond acceptors (Lipinski definition) is 2. The molecule has 0 spiro atoms. The molecule has 0 saturated heterocycles. The summed E-state index contributed by atoms with van der Waals surface area (Å²) in [7, 11) is 1.80. The third kappa shape index (κ3) is 2.50. The van der Waals surface area contributed by atoms with Crippen LogP contribution in [0.1, 0.15) is 17.2 Å². The van der Waals surface area contributed by atoms with Crippen LogP contribution in [-0.4, -0.2) is 12.0 Å². The highest BCUT2D eigenvalue weighted by Gasteiger charge is 2.20. The summed E-state index contributed by atoms with van der Waals surface area (Å²) in [5.41, 5.74) is 1.44. The van der Waals surface area contributed by atoms with Crippen molar-refractivity contribution in [1.82, 2.24) is 10.3 Å². The van der Waals surface area contributed by atoms with Crippen molar-refractivity contribution in [2.75, 3.05) is 7.05 Å². The van der Waals surface area contributed by atoms with Gasteiger partial charge in [0.15, 0.2) is 0 Å². The van der Waals surface area contributed by atoms with Crippen molar-refractivity contribution in [3.63, 3.8) is 0 Å². The van der Waals surface area contributed by atoms with E-state index in [2.05, 4.69) is 10.3 Å². The fourth-order valence-corrected chi connectivity index (χ4v) is 2.91. The van der Waals surface area contributed by atoms with Crippen LogP contribution in [0.15, 0.2) is 54.9 Å². The van der Waals surface area contributed by atoms with Gasteiger partial charge in [-0.2, -0.15) is 0 Å². The molecule has 1 atom stereocenters. The lowest BCUT2D eigenvalue weighted by atomic mass is 9.94. The third-order valence-electron chi connectivity index (χ3n) is 3.60. The molecular formula is C17H14ClFN2. The Morgan fingerprint density at radius 3 is 2.71 bits per heavy atom. The second-order valence-electron chi connectivity index (χ2n) is 4.80. The average Bonchev–Trinajstić information content (AvgIpc) is 2.51. The van der Waals surface area contributed by atoms with Crippen LogP contribution in [0.5, 0.6) is 0 Å². The molecule has 1 heterocycles. The quantitative estimate of drug-likeness (QED) is 0.778. The maximum Gasteiger partial charge on any atom is 0.129 e. The van der Waals surface area contributed by atoms with E-state index in [4.69, 9.17) is 11.6 Å². The maximum absolute atomic E-state index is 14.2. The largest absolute Gasteiger partial charge is 0.309 e. The maximum atomic E-state index is 14.2. The van der Waals surface area contributed by atoms with E-state index in [9.17, 15) is 4.39 Å². The number of nitrogens with zero attached hydrogens (tertiary/aromatic N) is 1. The second kappa shape index (κ2) is 5.80. The molecule has 0 radical (unpaired) electrons. The second-order valence-corrected chi connectivity index (χ2v) is 5.21. The summed E-state index contributed by atoms with van der Waals surface area (Å²) in [5, 5.41) is 5.63. The predicted molar refractivity (Wildman–Crippen MR) is 84.1 cm³/mol. The molecule has 1 aromatic heterocycles. The summed E-state index contributed by atoms with van der Waals surface area (Å²) in [6, 6.07) is 12.3. The normalized spacial score (nSPS) is 12.5. The fourth-order valence-electron chi connectivity index (χ4n) is 2.64. The molecule has 106 valence electrons. The molecule has 0 amide bonds. The first-order valence-electron chi connectivity index (χ1n) is 6.66. The highest BCUT2D eigenvalue weighted by molar-refractivity contribution is 6.31. The van der Waals surface area contributed by atoms with Crippen molar-refractivity contribution < 1.29 is 4.39 Å². The van der Waals surface area contributed by atoms with Gasteiger partial charge in [-0.25, -0.2) is 4.39 Å². The monoisotopic (exact) mass is 300 g/mol. The summed E-state index contributed by atoms with van der Waals surface area (Å²) in [5.74, 6) is -0.312. The summed E-state index contributed by atoms with van der Waals surface area (Å²) in [6.07, 6.45) is 3.54. The Morgan fingerprint density at radius 1 is 1.14 bits per heavy atom. The Kier molecular flexibility index (Phi) is 3.86. The van der Waals surface area contributed by atoms with Gasteiger partial charge in [0.1, 0.15) is 5.82 Å². The van der Waals surface area contributed by atoms with E-state index >= 15 is 0 Å². The SMILES string of the molecule is CNC(c1c(F)cccc1Cl)c1cccc2cnccc12. The number of rotatable bonds is 3. The van der Waals surface area contributed by atoms with Crippen LogP contribution < -0.4 is 5.32 Å². The van der Waals surface area contributed by atoms with Crippen LogP contribution in [0, 0.1) is 5.82 Å². The van der Waals surface area contributed by atoms with E-state index in [1.54, 1.807) is 31.6 Å². The van der Waals surface area contributed by atoms with Crippen LogP contribution in [0.4, 0.5) is 4.39 Å². The minimum absolute atomic E-state index is 0.312. The van der Waals surface area contributed by atoms with Crippen molar-refractivity contribution in [2.45, 2.75) is 6.04 Å². The molecule has 0 aliphatic heterocycles. The summed E-state index contributed by atoms with van der Waals surface area (Å²) >= 11 is 6.21. The Balaban J connectivity index is 2.24. The number of nitrogens with one attached hydrogen (secondary N) is 1. The summed E-state index contributed by atoms with van der Waals surface area (Å²) < 4.78 is 14.2. The zero-order valence-electron chi connectivity index (χ0n) is 11.5. The standard InChI is InChI=1S/C17H14ClFN2/c1-20-17(16-14(18)6-3-7-15(16)19)13-5-2-4-11-10-21-9-8-12(11)13/h2-10,17,20H,1H3. The molecule has 2 nitrogen and oxygen atoms in total. The van der Waals surface area contributed by atoms with E-state index in [-0.39, 0.29) is 11.9 Å². The number of fused-ring (bicyclic) bond motifs is 1. The number of halogens is 2. The first kappa shape index (κ1) is 14.0. The van der Waals surface area contributed by atoms with Gasteiger partial charge in [-0.3, -0.25) is 4.98 Å². The zero-order valence-corrected chi connectivity index (χ0v) is 12.2. The van der Waals surface area contributed by atoms with Gasteiger partial charge < -0.3 is 5.32 Å². The van der Waals surface area contributed by atoms with Gasteiger partial charge >= 0.3 is 0 Å². The lowest BCUT2D eigenvalue weighted by Gasteiger charge is -2.21. The van der Waals surface area contributed by atoms with Crippen molar-refractivity contribution in [3.05, 3.63) is 76.8 Å². The minimum Gasteiger partial charge on any atom is -0.309 e. The Morgan fingerprint density at radius 2 is 1.95 bits per heavy atom. The third-order valence-corrected chi connectivity index (χ3v) is 3.93. The van der Waals surface area contributed by atoms with Crippen LogP contribution in [-0.2, 0) is 0 Å². The molecule has 0 aliphatic rings. The highest BCUT2D eigenvalue weighted by Crippen LogP contribution is 2.33. The minimum atomic E-state index is -0.315. The van der Waals surface area contributed by atoms with Gasteiger partial charge in [-0.15, -0.1) is 0 Å². The highest BCUT2D eigenvalue weighted by atomic mass is 35.5. The molecule has 21 heavy (non-hydrogen) atoms.